The molecule has 3 rings (SSSR count). The first-order chi connectivity index (χ1) is 8.24. The van der Waals surface area contributed by atoms with Crippen LogP contribution in [0, 0.1) is 0 Å². The molecule has 6 heteroatoms. The summed E-state index contributed by atoms with van der Waals surface area (Å²) in [6.07, 6.45) is 0.686. The molecule has 17 heavy (non-hydrogen) atoms. The van der Waals surface area contributed by atoms with Gasteiger partial charge in [-0.2, -0.15) is 0 Å². The first-order valence-corrected chi connectivity index (χ1v) is 6.39. The summed E-state index contributed by atoms with van der Waals surface area (Å²) in [7, 11) is 0. The van der Waals surface area contributed by atoms with Crippen molar-refractivity contribution in [2.24, 2.45) is 0 Å². The van der Waals surface area contributed by atoms with Gasteiger partial charge in [0.2, 0.25) is 0 Å². The van der Waals surface area contributed by atoms with Crippen molar-refractivity contribution in [3.8, 4) is 10.7 Å². The molecule has 1 N–H and O–H groups in total. The van der Waals surface area contributed by atoms with Gasteiger partial charge in [0.25, 0.3) is 5.56 Å². The summed E-state index contributed by atoms with van der Waals surface area (Å²) in [5, 5.41) is 0. The lowest BCUT2D eigenvalue weighted by Crippen LogP contribution is -2.24. The van der Waals surface area contributed by atoms with Gasteiger partial charge in [0.15, 0.2) is 5.82 Å². The first kappa shape index (κ1) is 11.0. The zero-order chi connectivity index (χ0) is 11.8. The van der Waals surface area contributed by atoms with Crippen LogP contribution in [-0.4, -0.2) is 16.6 Å². The molecule has 2 aromatic rings. The van der Waals surface area contributed by atoms with Gasteiger partial charge in [0.05, 0.1) is 33.7 Å². The van der Waals surface area contributed by atoms with Gasteiger partial charge in [-0.1, -0.05) is 11.6 Å². The molecule has 0 aliphatic carbocycles. The minimum absolute atomic E-state index is 0.116. The Morgan fingerprint density at radius 2 is 2.35 bits per heavy atom. The maximum atomic E-state index is 11.9. The van der Waals surface area contributed by atoms with E-state index in [9.17, 15) is 4.79 Å². The maximum absolute atomic E-state index is 11.9. The number of hydrogen-bond donors (Lipinski definition) is 1. The fraction of sp³-hybridized carbons (Fsp3) is 0.273. The smallest absolute Gasteiger partial charge is 0.256 e. The summed E-state index contributed by atoms with van der Waals surface area (Å²) < 4.78 is 5.93. The largest absolute Gasteiger partial charge is 0.376 e. The summed E-state index contributed by atoms with van der Waals surface area (Å²) in [4.78, 5) is 20.0. The van der Waals surface area contributed by atoms with Crippen LogP contribution in [0.2, 0.25) is 4.34 Å². The van der Waals surface area contributed by atoms with E-state index in [4.69, 9.17) is 16.3 Å². The van der Waals surface area contributed by atoms with Crippen molar-refractivity contribution in [1.82, 2.24) is 9.97 Å². The zero-order valence-corrected chi connectivity index (χ0v) is 10.4. The van der Waals surface area contributed by atoms with E-state index in [0.717, 1.165) is 10.6 Å². The van der Waals surface area contributed by atoms with Gasteiger partial charge in [-0.15, -0.1) is 11.3 Å². The Bertz CT molecular complexity index is 620. The Hall–Kier alpha value is -1.17. The van der Waals surface area contributed by atoms with Gasteiger partial charge in [0, 0.05) is 6.42 Å². The lowest BCUT2D eigenvalue weighted by Gasteiger charge is -2.14. The molecular weight excluding hydrogens is 260 g/mol. The van der Waals surface area contributed by atoms with Gasteiger partial charge in [0.1, 0.15) is 0 Å². The van der Waals surface area contributed by atoms with Crippen LogP contribution in [0.3, 0.4) is 0 Å². The maximum Gasteiger partial charge on any atom is 0.256 e. The van der Waals surface area contributed by atoms with Crippen molar-refractivity contribution in [1.29, 1.82) is 0 Å². The molecule has 0 saturated carbocycles. The molecule has 3 heterocycles. The standard InChI is InChI=1S/C11H9ClN2O2S/c12-9-2-1-8(17-9)10-13-7-3-4-16-5-6(7)11(15)14-10/h1-2H,3-5H2,(H,13,14,15). The highest BCUT2D eigenvalue weighted by atomic mass is 35.5. The topological polar surface area (TPSA) is 55.0 Å². The highest BCUT2D eigenvalue weighted by molar-refractivity contribution is 7.19. The van der Waals surface area contributed by atoms with Crippen molar-refractivity contribution < 1.29 is 4.74 Å². The fourth-order valence-corrected chi connectivity index (χ4v) is 2.79. The monoisotopic (exact) mass is 268 g/mol. The first-order valence-electron chi connectivity index (χ1n) is 5.19. The number of hydrogen-bond acceptors (Lipinski definition) is 4. The second kappa shape index (κ2) is 4.25. The van der Waals surface area contributed by atoms with E-state index in [0.29, 0.717) is 35.4 Å². The van der Waals surface area contributed by atoms with Crippen LogP contribution in [0.25, 0.3) is 10.7 Å². The van der Waals surface area contributed by atoms with Gasteiger partial charge >= 0.3 is 0 Å². The summed E-state index contributed by atoms with van der Waals surface area (Å²) in [6.45, 7) is 0.969. The molecule has 0 amide bonds. The molecule has 88 valence electrons. The lowest BCUT2D eigenvalue weighted by molar-refractivity contribution is 0.108. The Labute approximate surface area is 106 Å². The number of nitrogens with zero attached hydrogens (tertiary/aromatic N) is 1. The molecule has 0 radical (unpaired) electrons. The molecule has 0 unspecified atom stereocenters. The van der Waals surface area contributed by atoms with E-state index in [1.165, 1.54) is 11.3 Å². The SMILES string of the molecule is O=c1[nH]c(-c2ccc(Cl)s2)nc2c1COCC2. The lowest BCUT2D eigenvalue weighted by atomic mass is 10.1. The molecule has 0 atom stereocenters. The second-order valence-corrected chi connectivity index (χ2v) is 5.46. The Kier molecular flexibility index (Phi) is 2.74. The number of fused-ring (bicyclic) bond motifs is 1. The van der Waals surface area contributed by atoms with E-state index < -0.39 is 0 Å². The number of halogens is 1. The van der Waals surface area contributed by atoms with Gasteiger partial charge in [-0.05, 0) is 12.1 Å². The Balaban J connectivity index is 2.13. The van der Waals surface area contributed by atoms with Crippen molar-refractivity contribution in [3.63, 3.8) is 0 Å². The molecule has 0 fully saturated rings. The third kappa shape index (κ3) is 2.01. The molecule has 0 aromatic carbocycles. The van der Waals surface area contributed by atoms with Crippen LogP contribution in [0.15, 0.2) is 16.9 Å². The van der Waals surface area contributed by atoms with Gasteiger partial charge in [-0.3, -0.25) is 4.79 Å². The van der Waals surface area contributed by atoms with E-state index in [1.54, 1.807) is 6.07 Å². The molecule has 0 bridgehead atoms. The molecule has 4 nitrogen and oxygen atoms in total. The average molecular weight is 269 g/mol. The van der Waals surface area contributed by atoms with Crippen LogP contribution in [0.1, 0.15) is 11.3 Å². The second-order valence-electron chi connectivity index (χ2n) is 3.75. The van der Waals surface area contributed by atoms with Crippen LogP contribution in [0.4, 0.5) is 0 Å². The summed E-state index contributed by atoms with van der Waals surface area (Å²) in [5.74, 6) is 0.590. The van der Waals surface area contributed by atoms with Crippen LogP contribution in [-0.2, 0) is 17.8 Å². The van der Waals surface area contributed by atoms with E-state index in [-0.39, 0.29) is 5.56 Å². The third-order valence-electron chi connectivity index (χ3n) is 2.64. The predicted molar refractivity (Wildman–Crippen MR) is 66.5 cm³/mol. The van der Waals surface area contributed by atoms with Crippen molar-refractivity contribution >= 4 is 22.9 Å². The van der Waals surface area contributed by atoms with Crippen LogP contribution >= 0.6 is 22.9 Å². The Morgan fingerprint density at radius 1 is 1.47 bits per heavy atom. The molecule has 0 spiro atoms. The number of nitrogens with one attached hydrogen (secondary N) is 1. The number of rotatable bonds is 1. The minimum atomic E-state index is -0.116. The molecule has 2 aromatic heterocycles. The van der Waals surface area contributed by atoms with E-state index in [2.05, 4.69) is 9.97 Å². The predicted octanol–water partition coefficient (Wildman–Crippen LogP) is 2.22. The summed E-state index contributed by atoms with van der Waals surface area (Å²) in [6, 6.07) is 3.65. The zero-order valence-electron chi connectivity index (χ0n) is 8.83. The van der Waals surface area contributed by atoms with Crippen molar-refractivity contribution in [3.05, 3.63) is 38.1 Å². The third-order valence-corrected chi connectivity index (χ3v) is 3.88. The molecule has 1 aliphatic heterocycles. The van der Waals surface area contributed by atoms with Crippen LogP contribution < -0.4 is 5.56 Å². The number of H-pyrrole nitrogens is 1. The number of aromatic amines is 1. The Morgan fingerprint density at radius 3 is 3.12 bits per heavy atom. The number of thiophene rings is 1. The average Bonchev–Trinajstić information content (AvgIpc) is 2.76. The van der Waals surface area contributed by atoms with E-state index >= 15 is 0 Å². The summed E-state index contributed by atoms with van der Waals surface area (Å²) >= 11 is 7.27. The quantitative estimate of drug-likeness (QED) is 0.863. The minimum Gasteiger partial charge on any atom is -0.376 e. The molecule has 1 aliphatic rings. The normalized spacial score (nSPS) is 14.6. The van der Waals surface area contributed by atoms with Gasteiger partial charge in [-0.25, -0.2) is 4.98 Å². The highest BCUT2D eigenvalue weighted by Crippen LogP contribution is 2.28. The fourth-order valence-electron chi connectivity index (χ4n) is 1.80. The van der Waals surface area contributed by atoms with Crippen molar-refractivity contribution in [2.75, 3.05) is 6.61 Å². The van der Waals surface area contributed by atoms with E-state index in [1.807, 2.05) is 6.07 Å². The number of aromatic nitrogens is 2. The van der Waals surface area contributed by atoms with Gasteiger partial charge < -0.3 is 9.72 Å². The molecular formula is C11H9ClN2O2S. The molecule has 0 saturated heterocycles. The number of ether oxygens (including phenoxy) is 1. The van der Waals surface area contributed by atoms with Crippen molar-refractivity contribution in [2.45, 2.75) is 13.0 Å². The highest BCUT2D eigenvalue weighted by Gasteiger charge is 2.17. The van der Waals surface area contributed by atoms with Crippen LogP contribution in [0.5, 0.6) is 0 Å². The summed E-state index contributed by atoms with van der Waals surface area (Å²) in [5.41, 5.74) is 1.36.